The lowest BCUT2D eigenvalue weighted by molar-refractivity contribution is -0.0812. The van der Waals surface area contributed by atoms with Gasteiger partial charge in [-0.25, -0.2) is 0 Å². The standard InChI is InChI=1S/C26H35NO2/c1-3-26-14-13-18-16-20(28)9-10-21(18)24(26)19(8-6-4-5-7-15-27)17-25(2)22(26)11-12-23(25)29/h3,9-10,16,19,22-24,28-29H,1,4-8,11-14,17H2,2H3/t19-,22+,23-,24+,25-,26-/m0/s1. The molecule has 4 rings (SSSR count). The number of hydrogen-bond donors (Lipinski definition) is 2. The van der Waals surface area contributed by atoms with Crippen LogP contribution in [0.2, 0.25) is 0 Å². The monoisotopic (exact) mass is 393 g/mol. The number of benzene rings is 1. The van der Waals surface area contributed by atoms with Gasteiger partial charge in [0.05, 0.1) is 12.2 Å². The van der Waals surface area contributed by atoms with Gasteiger partial charge in [-0.1, -0.05) is 31.9 Å². The molecule has 6 atom stereocenters. The molecule has 3 heteroatoms. The van der Waals surface area contributed by atoms with Crippen molar-refractivity contribution >= 4 is 0 Å². The Balaban J connectivity index is 1.72. The quantitative estimate of drug-likeness (QED) is 0.469. The van der Waals surface area contributed by atoms with E-state index in [1.165, 1.54) is 11.1 Å². The van der Waals surface area contributed by atoms with Gasteiger partial charge in [-0.3, -0.25) is 0 Å². The number of aliphatic hydroxyl groups is 1. The Labute approximate surface area is 175 Å². The number of hydrogen-bond acceptors (Lipinski definition) is 3. The minimum Gasteiger partial charge on any atom is -0.508 e. The van der Waals surface area contributed by atoms with Crippen LogP contribution in [0.5, 0.6) is 5.75 Å². The molecule has 0 aromatic heterocycles. The van der Waals surface area contributed by atoms with Crippen molar-refractivity contribution in [3.63, 3.8) is 0 Å². The number of phenols is 1. The number of nitrogens with zero attached hydrogens (tertiary/aromatic N) is 1. The Kier molecular flexibility index (Phi) is 5.51. The minimum atomic E-state index is -0.215. The molecule has 2 N–H and O–H groups in total. The zero-order valence-corrected chi connectivity index (χ0v) is 17.7. The Morgan fingerprint density at radius 3 is 2.86 bits per heavy atom. The second-order valence-electron chi connectivity index (χ2n) is 10.1. The summed E-state index contributed by atoms with van der Waals surface area (Å²) in [7, 11) is 0. The van der Waals surface area contributed by atoms with Crippen molar-refractivity contribution in [2.75, 3.05) is 0 Å². The highest BCUT2D eigenvalue weighted by atomic mass is 16.3. The Hall–Kier alpha value is -1.79. The van der Waals surface area contributed by atoms with Gasteiger partial charge in [0.2, 0.25) is 0 Å². The van der Waals surface area contributed by atoms with Gasteiger partial charge in [-0.05, 0) is 96.8 Å². The molecule has 0 unspecified atom stereocenters. The summed E-state index contributed by atoms with van der Waals surface area (Å²) < 4.78 is 0. The van der Waals surface area contributed by atoms with Crippen LogP contribution in [-0.4, -0.2) is 16.3 Å². The lowest BCUT2D eigenvalue weighted by Crippen LogP contribution is -2.54. The highest BCUT2D eigenvalue weighted by Gasteiger charge is 2.63. The number of aromatic hydroxyl groups is 1. The fourth-order valence-electron chi connectivity index (χ4n) is 7.48. The molecule has 29 heavy (non-hydrogen) atoms. The van der Waals surface area contributed by atoms with Crippen molar-refractivity contribution < 1.29 is 10.2 Å². The Morgan fingerprint density at radius 1 is 1.28 bits per heavy atom. The molecule has 0 radical (unpaired) electrons. The summed E-state index contributed by atoms with van der Waals surface area (Å²) in [5, 5.41) is 29.8. The zero-order chi connectivity index (χ0) is 20.6. The van der Waals surface area contributed by atoms with E-state index in [9.17, 15) is 10.2 Å². The highest BCUT2D eigenvalue weighted by Crippen LogP contribution is 2.69. The van der Waals surface area contributed by atoms with Gasteiger partial charge >= 0.3 is 0 Å². The second kappa shape index (κ2) is 7.80. The van der Waals surface area contributed by atoms with E-state index in [1.807, 2.05) is 12.1 Å². The van der Waals surface area contributed by atoms with Gasteiger partial charge in [-0.2, -0.15) is 5.26 Å². The van der Waals surface area contributed by atoms with Crippen LogP contribution in [0, 0.1) is 34.0 Å². The van der Waals surface area contributed by atoms with Crippen molar-refractivity contribution in [3.05, 3.63) is 42.0 Å². The normalized spacial score (nSPS) is 37.8. The molecule has 156 valence electrons. The van der Waals surface area contributed by atoms with Gasteiger partial charge in [0.1, 0.15) is 5.75 Å². The fraction of sp³-hybridized carbons (Fsp3) is 0.654. The molecule has 2 fully saturated rings. The number of phenolic OH excluding ortho intramolecular Hbond substituents is 1. The molecule has 0 saturated heterocycles. The number of unbranched alkanes of at least 4 members (excludes halogenated alkanes) is 3. The number of fused-ring (bicyclic) bond motifs is 5. The number of allylic oxidation sites excluding steroid dienone is 1. The number of aliphatic hydroxyl groups excluding tert-OH is 1. The van der Waals surface area contributed by atoms with Crippen LogP contribution in [0.15, 0.2) is 30.9 Å². The summed E-state index contributed by atoms with van der Waals surface area (Å²) in [6.45, 7) is 6.68. The van der Waals surface area contributed by atoms with Crippen LogP contribution < -0.4 is 0 Å². The molecule has 0 bridgehead atoms. The Bertz CT molecular complexity index is 811. The van der Waals surface area contributed by atoms with Crippen molar-refractivity contribution in [1.82, 2.24) is 0 Å². The summed E-state index contributed by atoms with van der Waals surface area (Å²) in [5.41, 5.74) is 2.70. The summed E-state index contributed by atoms with van der Waals surface area (Å²) >= 11 is 0. The minimum absolute atomic E-state index is 0.0313. The van der Waals surface area contributed by atoms with Gasteiger partial charge < -0.3 is 10.2 Å². The van der Waals surface area contributed by atoms with E-state index in [0.29, 0.717) is 29.9 Å². The molecule has 2 saturated carbocycles. The first-order valence-corrected chi connectivity index (χ1v) is 11.5. The maximum atomic E-state index is 11.0. The molecule has 3 aliphatic rings. The summed E-state index contributed by atoms with van der Waals surface area (Å²) in [5.74, 6) is 1.76. The molecule has 0 heterocycles. The Morgan fingerprint density at radius 2 is 2.10 bits per heavy atom. The molecule has 1 aromatic carbocycles. The molecule has 3 aliphatic carbocycles. The first-order valence-electron chi connectivity index (χ1n) is 11.5. The molecular formula is C26H35NO2. The van der Waals surface area contributed by atoms with Crippen LogP contribution in [0.25, 0.3) is 0 Å². The SMILES string of the molecule is C=C[C@@]12CCc3cc(O)ccc3[C@H]1[C@@H](CCCCCC#N)C[C@@]1(C)[C@H]2CC[C@@H]1O. The molecule has 0 aliphatic heterocycles. The van der Waals surface area contributed by atoms with Crippen molar-refractivity contribution in [2.24, 2.45) is 22.7 Å². The maximum absolute atomic E-state index is 11.0. The van der Waals surface area contributed by atoms with Crippen LogP contribution >= 0.6 is 0 Å². The van der Waals surface area contributed by atoms with Crippen molar-refractivity contribution in [2.45, 2.75) is 83.2 Å². The van der Waals surface area contributed by atoms with Crippen LogP contribution in [-0.2, 0) is 6.42 Å². The van der Waals surface area contributed by atoms with Crippen molar-refractivity contribution in [1.29, 1.82) is 5.26 Å². The zero-order valence-electron chi connectivity index (χ0n) is 17.7. The average Bonchev–Trinajstić information content (AvgIpc) is 3.02. The summed E-state index contributed by atoms with van der Waals surface area (Å²) in [6, 6.07) is 8.22. The average molecular weight is 394 g/mol. The van der Waals surface area contributed by atoms with E-state index in [-0.39, 0.29) is 16.9 Å². The second-order valence-corrected chi connectivity index (χ2v) is 10.1. The third-order valence-corrected chi connectivity index (χ3v) is 8.72. The molecule has 3 nitrogen and oxygen atoms in total. The van der Waals surface area contributed by atoms with Crippen LogP contribution in [0.3, 0.4) is 0 Å². The lowest BCUT2D eigenvalue weighted by Gasteiger charge is -2.60. The molecule has 0 spiro atoms. The topological polar surface area (TPSA) is 64.2 Å². The van der Waals surface area contributed by atoms with Crippen molar-refractivity contribution in [3.8, 4) is 11.8 Å². The van der Waals surface area contributed by atoms with E-state index in [1.54, 1.807) is 0 Å². The van der Waals surface area contributed by atoms with E-state index in [4.69, 9.17) is 5.26 Å². The van der Waals surface area contributed by atoms with Crippen LogP contribution in [0.4, 0.5) is 0 Å². The number of aryl methyl sites for hydroxylation is 1. The largest absolute Gasteiger partial charge is 0.508 e. The summed E-state index contributed by atoms with van der Waals surface area (Å²) in [6.07, 6.45) is 12.1. The van der Waals surface area contributed by atoms with E-state index in [2.05, 4.69) is 31.7 Å². The number of nitriles is 1. The third kappa shape index (κ3) is 3.21. The van der Waals surface area contributed by atoms with Gasteiger partial charge in [-0.15, -0.1) is 6.58 Å². The van der Waals surface area contributed by atoms with E-state index < -0.39 is 0 Å². The first-order chi connectivity index (χ1) is 14.0. The first kappa shape index (κ1) is 20.5. The maximum Gasteiger partial charge on any atom is 0.115 e. The summed E-state index contributed by atoms with van der Waals surface area (Å²) in [4.78, 5) is 0. The predicted octanol–water partition coefficient (Wildman–Crippen LogP) is 5.87. The van der Waals surface area contributed by atoms with Gasteiger partial charge in [0.25, 0.3) is 0 Å². The van der Waals surface area contributed by atoms with E-state index in [0.717, 1.165) is 57.8 Å². The van der Waals surface area contributed by atoms with Gasteiger partial charge in [0, 0.05) is 6.42 Å². The predicted molar refractivity (Wildman–Crippen MR) is 115 cm³/mol. The molecule has 1 aromatic rings. The van der Waals surface area contributed by atoms with E-state index >= 15 is 0 Å². The molecular weight excluding hydrogens is 358 g/mol. The van der Waals surface area contributed by atoms with Gasteiger partial charge in [0.15, 0.2) is 0 Å². The third-order valence-electron chi connectivity index (χ3n) is 8.72. The van der Waals surface area contributed by atoms with Crippen LogP contribution in [0.1, 0.15) is 81.8 Å². The molecule has 0 amide bonds. The highest BCUT2D eigenvalue weighted by molar-refractivity contribution is 5.43. The number of rotatable bonds is 6. The lowest BCUT2D eigenvalue weighted by atomic mass is 9.44. The smallest absolute Gasteiger partial charge is 0.115 e. The fourth-order valence-corrected chi connectivity index (χ4v) is 7.48.